The molecule has 0 heterocycles. The number of aromatic hydroxyl groups is 1. The highest BCUT2D eigenvalue weighted by atomic mass is 19.1. The Balaban J connectivity index is 3.13. The lowest BCUT2D eigenvalue weighted by molar-refractivity contribution is 0.0520. The minimum absolute atomic E-state index is 0.104. The summed E-state index contributed by atoms with van der Waals surface area (Å²) in [7, 11) is 0. The predicted molar refractivity (Wildman–Crippen MR) is 48.4 cm³/mol. The van der Waals surface area contributed by atoms with Crippen LogP contribution < -0.4 is 5.73 Å². The highest BCUT2D eigenvalue weighted by molar-refractivity contribution is 5.91. The van der Waals surface area contributed by atoms with Crippen molar-refractivity contribution in [3.05, 3.63) is 23.5 Å². The van der Waals surface area contributed by atoms with Gasteiger partial charge in [-0.2, -0.15) is 0 Å². The van der Waals surface area contributed by atoms with Gasteiger partial charge in [-0.15, -0.1) is 0 Å². The van der Waals surface area contributed by atoms with Gasteiger partial charge in [-0.3, -0.25) is 0 Å². The zero-order chi connectivity index (χ0) is 10.7. The Kier molecular flexibility index (Phi) is 2.91. The summed E-state index contributed by atoms with van der Waals surface area (Å²) in [6.07, 6.45) is 0. The average Bonchev–Trinajstić information content (AvgIpc) is 2.11. The Morgan fingerprint density at radius 3 is 2.86 bits per heavy atom. The zero-order valence-corrected chi connectivity index (χ0v) is 7.58. The second-order valence-corrected chi connectivity index (χ2v) is 2.62. The number of esters is 1. The summed E-state index contributed by atoms with van der Waals surface area (Å²) in [5, 5.41) is 9.04. The molecule has 0 radical (unpaired) electrons. The summed E-state index contributed by atoms with van der Waals surface area (Å²) in [5.41, 5.74) is 5.07. The van der Waals surface area contributed by atoms with Crippen LogP contribution in [0.2, 0.25) is 0 Å². The molecule has 0 fully saturated rings. The number of rotatable bonds is 2. The van der Waals surface area contributed by atoms with Crippen LogP contribution in [0, 0.1) is 5.82 Å². The van der Waals surface area contributed by atoms with Crippen LogP contribution in [-0.2, 0) is 4.74 Å². The molecule has 1 aromatic carbocycles. The molecular weight excluding hydrogens is 189 g/mol. The number of ether oxygens (including phenoxy) is 1. The quantitative estimate of drug-likeness (QED) is 0.556. The van der Waals surface area contributed by atoms with Crippen molar-refractivity contribution in [2.45, 2.75) is 6.92 Å². The second-order valence-electron chi connectivity index (χ2n) is 2.62. The Morgan fingerprint density at radius 1 is 1.64 bits per heavy atom. The van der Waals surface area contributed by atoms with Crippen molar-refractivity contribution in [3.8, 4) is 5.75 Å². The third kappa shape index (κ3) is 1.93. The fourth-order valence-corrected chi connectivity index (χ4v) is 0.988. The van der Waals surface area contributed by atoms with Crippen LogP contribution in [0.15, 0.2) is 12.1 Å². The Labute approximate surface area is 80.1 Å². The number of carbonyl (C=O) groups excluding carboxylic acids is 1. The van der Waals surface area contributed by atoms with Crippen molar-refractivity contribution < 1.29 is 19.0 Å². The van der Waals surface area contributed by atoms with E-state index in [9.17, 15) is 9.18 Å². The van der Waals surface area contributed by atoms with Crippen LogP contribution in [-0.4, -0.2) is 17.7 Å². The van der Waals surface area contributed by atoms with Gasteiger partial charge in [0.2, 0.25) is 0 Å². The molecule has 1 rings (SSSR count). The lowest BCUT2D eigenvalue weighted by Gasteiger charge is -2.05. The number of anilines is 1. The molecular formula is C9H10FNO3. The molecule has 0 saturated carbocycles. The monoisotopic (exact) mass is 199 g/mol. The van der Waals surface area contributed by atoms with E-state index in [4.69, 9.17) is 10.8 Å². The van der Waals surface area contributed by atoms with Crippen LogP contribution in [0.5, 0.6) is 5.75 Å². The molecule has 3 N–H and O–H groups in total. The van der Waals surface area contributed by atoms with Crippen LogP contribution in [0.4, 0.5) is 10.1 Å². The number of benzene rings is 1. The van der Waals surface area contributed by atoms with Crippen molar-refractivity contribution in [3.63, 3.8) is 0 Å². The standard InChI is InChI=1S/C9H10FNO3/c1-2-14-9(13)6-3-5(11)4-7(12)8(6)10/h3-4,12H,2,11H2,1H3. The largest absolute Gasteiger partial charge is 0.505 e. The molecule has 0 bridgehead atoms. The van der Waals surface area contributed by atoms with Gasteiger partial charge in [-0.1, -0.05) is 0 Å². The molecule has 14 heavy (non-hydrogen) atoms. The Morgan fingerprint density at radius 2 is 2.29 bits per heavy atom. The maximum Gasteiger partial charge on any atom is 0.341 e. The van der Waals surface area contributed by atoms with Crippen molar-refractivity contribution in [1.82, 2.24) is 0 Å². The summed E-state index contributed by atoms with van der Waals surface area (Å²) in [6, 6.07) is 2.14. The van der Waals surface area contributed by atoms with Gasteiger partial charge in [0.15, 0.2) is 11.6 Å². The van der Waals surface area contributed by atoms with E-state index < -0.39 is 17.5 Å². The minimum atomic E-state index is -1.02. The molecule has 0 saturated heterocycles. The molecule has 5 heteroatoms. The first-order valence-corrected chi connectivity index (χ1v) is 4.01. The fourth-order valence-electron chi connectivity index (χ4n) is 0.988. The first-order chi connectivity index (χ1) is 6.56. The molecule has 0 atom stereocenters. The zero-order valence-electron chi connectivity index (χ0n) is 7.58. The van der Waals surface area contributed by atoms with E-state index in [2.05, 4.69) is 4.74 Å². The highest BCUT2D eigenvalue weighted by Gasteiger charge is 2.16. The molecule has 0 aliphatic carbocycles. The van der Waals surface area contributed by atoms with Crippen molar-refractivity contribution >= 4 is 11.7 Å². The predicted octanol–water partition coefficient (Wildman–Crippen LogP) is 1.29. The second kappa shape index (κ2) is 3.95. The van der Waals surface area contributed by atoms with Crippen LogP contribution in [0.1, 0.15) is 17.3 Å². The molecule has 0 unspecified atom stereocenters. The SMILES string of the molecule is CCOC(=O)c1cc(N)cc(O)c1F. The van der Waals surface area contributed by atoms with Gasteiger partial charge in [0.05, 0.1) is 6.61 Å². The number of halogens is 1. The first-order valence-electron chi connectivity index (χ1n) is 4.01. The number of hydrogen-bond acceptors (Lipinski definition) is 4. The van der Waals surface area contributed by atoms with Crippen molar-refractivity contribution in [1.29, 1.82) is 0 Å². The lowest BCUT2D eigenvalue weighted by atomic mass is 10.2. The normalized spacial score (nSPS) is 9.86. The molecule has 76 valence electrons. The topological polar surface area (TPSA) is 72.5 Å². The number of phenolic OH excluding ortho intramolecular Hbond substituents is 1. The van der Waals surface area contributed by atoms with Gasteiger partial charge >= 0.3 is 5.97 Å². The number of nitrogen functional groups attached to an aromatic ring is 1. The van der Waals surface area contributed by atoms with Gasteiger partial charge in [0, 0.05) is 11.8 Å². The molecule has 0 amide bonds. The average molecular weight is 199 g/mol. The van der Waals surface area contributed by atoms with Crippen LogP contribution in [0.3, 0.4) is 0 Å². The summed E-state index contributed by atoms with van der Waals surface area (Å²) in [5.74, 6) is -2.52. The van der Waals surface area contributed by atoms with Crippen molar-refractivity contribution in [2.24, 2.45) is 0 Å². The number of hydrogen-bond donors (Lipinski definition) is 2. The maximum atomic E-state index is 13.1. The van der Waals surface area contributed by atoms with Crippen LogP contribution >= 0.6 is 0 Å². The molecule has 1 aromatic rings. The van der Waals surface area contributed by atoms with E-state index in [0.717, 1.165) is 12.1 Å². The molecule has 4 nitrogen and oxygen atoms in total. The van der Waals surface area contributed by atoms with E-state index in [1.165, 1.54) is 0 Å². The van der Waals surface area contributed by atoms with E-state index in [1.54, 1.807) is 6.92 Å². The summed E-state index contributed by atoms with van der Waals surface area (Å²) in [4.78, 5) is 11.1. The maximum absolute atomic E-state index is 13.1. The fraction of sp³-hybridized carbons (Fsp3) is 0.222. The Hall–Kier alpha value is -1.78. The number of carbonyl (C=O) groups is 1. The third-order valence-corrected chi connectivity index (χ3v) is 1.57. The summed E-state index contributed by atoms with van der Waals surface area (Å²) >= 11 is 0. The number of phenols is 1. The highest BCUT2D eigenvalue weighted by Crippen LogP contribution is 2.23. The van der Waals surface area contributed by atoms with E-state index in [0.29, 0.717) is 0 Å². The smallest absolute Gasteiger partial charge is 0.341 e. The number of nitrogens with two attached hydrogens (primary N) is 1. The molecule has 0 aliphatic rings. The van der Waals surface area contributed by atoms with Gasteiger partial charge in [0.25, 0.3) is 0 Å². The first kappa shape index (κ1) is 10.3. The minimum Gasteiger partial charge on any atom is -0.505 e. The van der Waals surface area contributed by atoms with E-state index in [-0.39, 0.29) is 17.9 Å². The van der Waals surface area contributed by atoms with Gasteiger partial charge in [-0.25, -0.2) is 9.18 Å². The Bertz CT molecular complexity index is 365. The molecule has 0 spiro atoms. The van der Waals surface area contributed by atoms with Crippen LogP contribution in [0.25, 0.3) is 0 Å². The summed E-state index contributed by atoms with van der Waals surface area (Å²) in [6.45, 7) is 1.73. The third-order valence-electron chi connectivity index (χ3n) is 1.57. The summed E-state index contributed by atoms with van der Waals surface area (Å²) < 4.78 is 17.7. The van der Waals surface area contributed by atoms with Gasteiger partial charge in [-0.05, 0) is 13.0 Å². The van der Waals surface area contributed by atoms with Crippen molar-refractivity contribution in [2.75, 3.05) is 12.3 Å². The van der Waals surface area contributed by atoms with Gasteiger partial charge in [0.1, 0.15) is 5.56 Å². The van der Waals surface area contributed by atoms with Gasteiger partial charge < -0.3 is 15.6 Å². The molecule has 0 aromatic heterocycles. The van der Waals surface area contributed by atoms with E-state index >= 15 is 0 Å². The van der Waals surface area contributed by atoms with E-state index in [1.807, 2.05) is 0 Å². The molecule has 0 aliphatic heterocycles. The lowest BCUT2D eigenvalue weighted by Crippen LogP contribution is -2.08.